The number of esters is 1. The maximum Gasteiger partial charge on any atom is 0.306 e. The number of carbonyl (C=O) groups is 2. The summed E-state index contributed by atoms with van der Waals surface area (Å²) in [7, 11) is 1.15. The summed E-state index contributed by atoms with van der Waals surface area (Å²) in [5.41, 5.74) is 0. The Morgan fingerprint density at radius 1 is 0.468 bits per heavy atom. The lowest BCUT2D eigenvalue weighted by Crippen LogP contribution is -2.47. The quantitative estimate of drug-likeness (QED) is 0.0161. The van der Waals surface area contributed by atoms with Crippen molar-refractivity contribution in [3.05, 3.63) is 85.1 Å². The van der Waals surface area contributed by atoms with Gasteiger partial charge in [-0.05, 0) is 51.0 Å². The van der Waals surface area contributed by atoms with Gasteiger partial charge in [0.25, 0.3) is 7.82 Å². The van der Waals surface area contributed by atoms with Gasteiger partial charge in [-0.3, -0.25) is 14.2 Å². The van der Waals surface area contributed by atoms with Gasteiger partial charge in [-0.1, -0.05) is 299 Å². The molecular formula is C67H121N2O7P. The topological polar surface area (TPSA) is 114 Å². The van der Waals surface area contributed by atoms with Gasteiger partial charge in [-0.15, -0.1) is 0 Å². The molecule has 0 heterocycles. The van der Waals surface area contributed by atoms with Crippen LogP contribution < -0.4 is 10.2 Å². The monoisotopic (exact) mass is 1100 g/mol. The van der Waals surface area contributed by atoms with Crippen molar-refractivity contribution in [2.24, 2.45) is 0 Å². The molecule has 0 aliphatic rings. The molecule has 0 aliphatic heterocycles. The Morgan fingerprint density at radius 2 is 0.831 bits per heavy atom. The SMILES string of the molecule is CC\C=C/C=C/C=C/C=C\C=C\C=C\CCCCCC(=O)NC(COP(=O)([O-])OCC[N+](C)(C)C)C(/C=C/CCCCCCCCCCCCC)OC(=O)CCCCCCCCCCCCCCCCCCCCCCC. The van der Waals surface area contributed by atoms with Gasteiger partial charge in [-0.2, -0.15) is 0 Å². The first-order valence-corrected chi connectivity index (χ1v) is 33.4. The molecule has 446 valence electrons. The van der Waals surface area contributed by atoms with E-state index in [-0.39, 0.29) is 31.3 Å². The molecule has 0 saturated heterocycles. The van der Waals surface area contributed by atoms with Crippen molar-refractivity contribution in [1.82, 2.24) is 5.32 Å². The summed E-state index contributed by atoms with van der Waals surface area (Å²) in [6.45, 7) is 6.68. The molecule has 3 unspecified atom stereocenters. The zero-order chi connectivity index (χ0) is 56.4. The molecule has 0 saturated carbocycles. The molecule has 0 rings (SSSR count). The number of rotatable bonds is 57. The fourth-order valence-electron chi connectivity index (χ4n) is 9.08. The van der Waals surface area contributed by atoms with E-state index in [9.17, 15) is 19.0 Å². The summed E-state index contributed by atoms with van der Waals surface area (Å²) >= 11 is 0. The summed E-state index contributed by atoms with van der Waals surface area (Å²) < 4.78 is 30.3. The molecule has 0 radical (unpaired) electrons. The molecule has 77 heavy (non-hydrogen) atoms. The maximum absolute atomic E-state index is 13.5. The van der Waals surface area contributed by atoms with Crippen molar-refractivity contribution in [2.45, 2.75) is 290 Å². The van der Waals surface area contributed by atoms with Crippen LogP contribution in [0.3, 0.4) is 0 Å². The number of nitrogens with one attached hydrogen (secondary N) is 1. The van der Waals surface area contributed by atoms with E-state index in [2.05, 4.69) is 38.2 Å². The summed E-state index contributed by atoms with van der Waals surface area (Å²) in [5.74, 6) is -0.586. The van der Waals surface area contributed by atoms with Gasteiger partial charge in [0.15, 0.2) is 0 Å². The Bertz CT molecular complexity index is 1590. The van der Waals surface area contributed by atoms with Gasteiger partial charge in [0.1, 0.15) is 19.3 Å². The Labute approximate surface area is 476 Å². The van der Waals surface area contributed by atoms with E-state index in [1.807, 2.05) is 94.1 Å². The van der Waals surface area contributed by atoms with Crippen LogP contribution in [0.1, 0.15) is 278 Å². The van der Waals surface area contributed by atoms with Gasteiger partial charge >= 0.3 is 5.97 Å². The summed E-state index contributed by atoms with van der Waals surface area (Å²) in [5, 5.41) is 3.01. The number of amides is 1. The highest BCUT2D eigenvalue weighted by Crippen LogP contribution is 2.38. The predicted molar refractivity (Wildman–Crippen MR) is 330 cm³/mol. The van der Waals surface area contributed by atoms with E-state index in [0.717, 1.165) is 64.2 Å². The average Bonchev–Trinajstić information content (AvgIpc) is 3.39. The second kappa shape index (κ2) is 56.5. The molecule has 1 N–H and O–H groups in total. The molecule has 0 aliphatic carbocycles. The van der Waals surface area contributed by atoms with Crippen LogP contribution >= 0.6 is 7.82 Å². The lowest BCUT2D eigenvalue weighted by Gasteiger charge is -2.30. The molecule has 0 aromatic carbocycles. The van der Waals surface area contributed by atoms with E-state index < -0.39 is 26.6 Å². The second-order valence-corrected chi connectivity index (χ2v) is 24.1. The Morgan fingerprint density at radius 3 is 1.26 bits per heavy atom. The third-order valence-corrected chi connectivity index (χ3v) is 15.0. The number of hydrogen-bond donors (Lipinski definition) is 1. The Hall–Kier alpha value is -2.81. The van der Waals surface area contributed by atoms with Crippen LogP contribution in [-0.2, 0) is 27.9 Å². The molecule has 9 nitrogen and oxygen atoms in total. The third-order valence-electron chi connectivity index (χ3n) is 14.0. The van der Waals surface area contributed by atoms with Crippen LogP contribution in [0.15, 0.2) is 85.1 Å². The zero-order valence-electron chi connectivity index (χ0n) is 50.9. The van der Waals surface area contributed by atoms with Gasteiger partial charge in [0, 0.05) is 12.8 Å². The molecule has 10 heteroatoms. The first kappa shape index (κ1) is 74.2. The van der Waals surface area contributed by atoms with Crippen LogP contribution in [0, 0.1) is 0 Å². The number of unbranched alkanes of at least 4 members (excludes halogenated alkanes) is 34. The normalized spacial score (nSPS) is 14.2. The average molecular weight is 1100 g/mol. The number of quaternary nitrogens is 1. The summed E-state index contributed by atoms with van der Waals surface area (Å²) in [6, 6.07) is -0.914. The van der Waals surface area contributed by atoms with E-state index in [1.54, 1.807) is 0 Å². The van der Waals surface area contributed by atoms with Crippen molar-refractivity contribution in [2.75, 3.05) is 40.9 Å². The van der Waals surface area contributed by atoms with E-state index in [0.29, 0.717) is 17.4 Å². The van der Waals surface area contributed by atoms with Crippen molar-refractivity contribution in [1.29, 1.82) is 0 Å². The first-order valence-electron chi connectivity index (χ1n) is 32.0. The summed E-state index contributed by atoms with van der Waals surface area (Å²) in [6.07, 6.45) is 74.1. The molecule has 0 fully saturated rings. The molecule has 1 amide bonds. The number of hydrogen-bond acceptors (Lipinski definition) is 7. The summed E-state index contributed by atoms with van der Waals surface area (Å²) in [4.78, 5) is 40.0. The van der Waals surface area contributed by atoms with Gasteiger partial charge in [0.05, 0.1) is 33.8 Å². The van der Waals surface area contributed by atoms with Crippen molar-refractivity contribution in [3.8, 4) is 0 Å². The maximum atomic E-state index is 13.5. The lowest BCUT2D eigenvalue weighted by atomic mass is 10.0. The number of phosphoric ester groups is 1. The smallest absolute Gasteiger partial charge is 0.306 e. The molecule has 3 atom stereocenters. The molecule has 0 spiro atoms. The third kappa shape index (κ3) is 57.7. The van der Waals surface area contributed by atoms with E-state index in [1.165, 1.54) is 173 Å². The van der Waals surface area contributed by atoms with Crippen molar-refractivity contribution >= 4 is 19.7 Å². The van der Waals surface area contributed by atoms with Crippen LogP contribution in [0.25, 0.3) is 0 Å². The highest BCUT2D eigenvalue weighted by Gasteiger charge is 2.27. The van der Waals surface area contributed by atoms with Gasteiger partial charge in [-0.25, -0.2) is 0 Å². The standard InChI is InChI=1S/C67H121N2O7P/c1-7-10-13-16-19-22-25-28-30-32-33-34-35-37-39-42-45-48-51-54-57-60-67(71)76-65(58-55-52-49-46-43-40-27-24-21-18-15-12-9-3)64(63-75-77(72,73)74-62-61-69(4,5)6)68-66(70)59-56-53-50-47-44-41-38-36-31-29-26-23-20-17-14-11-8-2/h11,14,17,20,23,26,29,31,36,38,41,44,55,58,64-65H,7-10,12-13,15-16,18-19,21-22,24-25,27-28,30,32-35,37,39-40,42-43,45-54,56-57,59-63H2,1-6H3,(H-,68,70,72,73)/b14-11-,20-17+,26-23+,31-29-,38-36+,44-41+,58-55+. The lowest BCUT2D eigenvalue weighted by molar-refractivity contribution is -0.870. The number of nitrogens with zero attached hydrogens (tertiary/aromatic N) is 1. The van der Waals surface area contributed by atoms with Crippen molar-refractivity contribution < 1.29 is 37.3 Å². The number of likely N-dealkylation sites (N-methyl/N-ethyl adjacent to an activating group) is 1. The van der Waals surface area contributed by atoms with Crippen molar-refractivity contribution in [3.63, 3.8) is 0 Å². The zero-order valence-corrected chi connectivity index (χ0v) is 51.8. The Kier molecular flexibility index (Phi) is 54.4. The number of ether oxygens (including phenoxy) is 1. The Balaban J connectivity index is 5.29. The first-order chi connectivity index (χ1) is 37.4. The molecule has 0 aromatic heterocycles. The van der Waals surface area contributed by atoms with E-state index >= 15 is 0 Å². The minimum Gasteiger partial charge on any atom is -0.756 e. The van der Waals surface area contributed by atoms with E-state index in [4.69, 9.17) is 13.8 Å². The molecular weight excluding hydrogens is 976 g/mol. The minimum absolute atomic E-state index is 0.0339. The molecule has 0 aromatic rings. The minimum atomic E-state index is -4.72. The van der Waals surface area contributed by atoms with Crippen LogP contribution in [0.2, 0.25) is 0 Å². The number of phosphoric acid groups is 1. The predicted octanol–water partition coefficient (Wildman–Crippen LogP) is 19.1. The highest BCUT2D eigenvalue weighted by atomic mass is 31.2. The number of allylic oxidation sites excluding steroid dienone is 13. The van der Waals surface area contributed by atoms with Gasteiger partial charge in [0.2, 0.25) is 5.91 Å². The fraction of sp³-hybridized carbons (Fsp3) is 0.761. The van der Waals surface area contributed by atoms with Crippen LogP contribution in [0.4, 0.5) is 0 Å². The van der Waals surface area contributed by atoms with Crippen LogP contribution in [-0.4, -0.2) is 69.4 Å². The number of carbonyl (C=O) groups excluding carboxylic acids is 2. The van der Waals surface area contributed by atoms with Gasteiger partial charge < -0.3 is 28.5 Å². The largest absolute Gasteiger partial charge is 0.756 e. The fourth-order valence-corrected chi connectivity index (χ4v) is 9.81. The van der Waals surface area contributed by atoms with Crippen LogP contribution in [0.5, 0.6) is 0 Å². The second-order valence-electron chi connectivity index (χ2n) is 22.7. The highest BCUT2D eigenvalue weighted by molar-refractivity contribution is 7.45. The molecule has 0 bridgehead atoms.